The fourth-order valence-corrected chi connectivity index (χ4v) is 6.07. The van der Waals surface area contributed by atoms with Crippen molar-refractivity contribution in [3.05, 3.63) is 42.5 Å². The number of hydrogen-bond acceptors (Lipinski definition) is 0. The van der Waals surface area contributed by atoms with E-state index in [0.29, 0.717) is 7.92 Å². The summed E-state index contributed by atoms with van der Waals surface area (Å²) < 4.78 is 0. The minimum Gasteiger partial charge on any atom is -0.107 e. The normalized spacial score (nSPS) is 10.7. The summed E-state index contributed by atoms with van der Waals surface area (Å²) in [6.45, 7) is 6.94. The third-order valence-electron chi connectivity index (χ3n) is 4.31. The summed E-state index contributed by atoms with van der Waals surface area (Å²) in [6, 6.07) is 14.7. The molecule has 0 N–H and O–H groups in total. The lowest BCUT2D eigenvalue weighted by molar-refractivity contribution is 0.847. The fraction of sp³-hybridized carbons (Fsp3) is 0.545. The van der Waals surface area contributed by atoms with Gasteiger partial charge < -0.3 is 0 Å². The highest BCUT2D eigenvalue weighted by molar-refractivity contribution is 7.57. The summed E-state index contributed by atoms with van der Waals surface area (Å²) >= 11 is 0. The molecule has 0 aliphatic heterocycles. The van der Waals surface area contributed by atoms with Gasteiger partial charge in [0, 0.05) is 0 Å². The molecule has 0 aliphatic rings. The van der Waals surface area contributed by atoms with E-state index in [9.17, 15) is 0 Å². The molecule has 2 aromatic carbocycles. The summed E-state index contributed by atoms with van der Waals surface area (Å²) in [5.74, 6) is 0. The van der Waals surface area contributed by atoms with E-state index in [-0.39, 0.29) is 0 Å². The van der Waals surface area contributed by atoms with Crippen LogP contribution in [0.3, 0.4) is 0 Å². The van der Waals surface area contributed by atoms with Crippen LogP contribution in [0, 0.1) is 0 Å². The van der Waals surface area contributed by atoms with Gasteiger partial charge in [-0.05, 0) is 53.8 Å². The second-order valence-electron chi connectivity index (χ2n) is 6.47. The van der Waals surface area contributed by atoms with Crippen LogP contribution in [0.25, 0.3) is 10.8 Å². The molecule has 2 rings (SSSR count). The SMILES string of the molecule is CCCCP(CCCC)CCCC.Pc1cccc2ccccc12. The first kappa shape index (κ1) is 21.6. The topological polar surface area (TPSA) is 0 Å². The second kappa shape index (κ2) is 13.8. The Morgan fingerprint density at radius 3 is 1.71 bits per heavy atom. The lowest BCUT2D eigenvalue weighted by Gasteiger charge is -2.16. The molecule has 24 heavy (non-hydrogen) atoms. The first-order valence-corrected chi connectivity index (χ1v) is 12.2. The zero-order valence-corrected chi connectivity index (χ0v) is 18.0. The molecule has 2 heteroatoms. The number of unbranched alkanes of at least 4 members (excludes halogenated alkanes) is 3. The van der Waals surface area contributed by atoms with Gasteiger partial charge in [0.1, 0.15) is 0 Å². The lowest BCUT2D eigenvalue weighted by Crippen LogP contribution is -1.95. The molecule has 0 nitrogen and oxygen atoms in total. The molecule has 2 aromatic rings. The quantitative estimate of drug-likeness (QED) is 0.413. The average Bonchev–Trinajstić information content (AvgIpc) is 2.62. The predicted octanol–water partition coefficient (Wildman–Crippen LogP) is 7.21. The van der Waals surface area contributed by atoms with E-state index in [1.54, 1.807) is 18.5 Å². The van der Waals surface area contributed by atoms with E-state index in [4.69, 9.17) is 0 Å². The molecule has 0 bridgehead atoms. The van der Waals surface area contributed by atoms with Crippen LogP contribution in [0.4, 0.5) is 0 Å². The van der Waals surface area contributed by atoms with Gasteiger partial charge in [0.05, 0.1) is 0 Å². The van der Waals surface area contributed by atoms with Gasteiger partial charge in [-0.25, -0.2) is 0 Å². The number of hydrogen-bond donors (Lipinski definition) is 0. The van der Waals surface area contributed by atoms with Gasteiger partial charge in [0.15, 0.2) is 0 Å². The standard InChI is InChI=1S/C12H27P.C10H9P/c1-4-7-10-13(11-8-5-2)12-9-6-3;11-10-7-3-5-8-4-1-2-6-9(8)10/h4-12H2,1-3H3;1-7H,11H2. The first-order chi connectivity index (χ1) is 11.7. The largest absolute Gasteiger partial charge is 0.107 e. The molecule has 0 spiro atoms. The van der Waals surface area contributed by atoms with Crippen molar-refractivity contribution < 1.29 is 0 Å². The van der Waals surface area contributed by atoms with Gasteiger partial charge in [-0.15, -0.1) is 17.2 Å². The van der Waals surface area contributed by atoms with Gasteiger partial charge >= 0.3 is 0 Å². The maximum absolute atomic E-state index is 2.74. The summed E-state index contributed by atoms with van der Waals surface area (Å²) in [7, 11) is 3.17. The fourth-order valence-electron chi connectivity index (χ4n) is 2.73. The van der Waals surface area contributed by atoms with Crippen LogP contribution >= 0.6 is 17.2 Å². The van der Waals surface area contributed by atoms with Crippen LogP contribution in [0.15, 0.2) is 42.5 Å². The average molecular weight is 362 g/mol. The van der Waals surface area contributed by atoms with E-state index in [1.165, 1.54) is 54.6 Å². The third kappa shape index (κ3) is 8.60. The highest BCUT2D eigenvalue weighted by Crippen LogP contribution is 2.38. The Morgan fingerprint density at radius 2 is 1.21 bits per heavy atom. The summed E-state index contributed by atoms with van der Waals surface area (Å²) in [4.78, 5) is 0. The minimum absolute atomic E-state index is 0.422. The molecule has 0 radical (unpaired) electrons. The van der Waals surface area contributed by atoms with E-state index in [0.717, 1.165) is 0 Å². The van der Waals surface area contributed by atoms with Crippen LogP contribution in [0.5, 0.6) is 0 Å². The molecular formula is C22H36P2. The van der Waals surface area contributed by atoms with Crippen LogP contribution < -0.4 is 5.30 Å². The maximum Gasteiger partial charge on any atom is -0.0112 e. The summed E-state index contributed by atoms with van der Waals surface area (Å²) in [6.07, 6.45) is 13.2. The van der Waals surface area contributed by atoms with Crippen molar-refractivity contribution >= 4 is 33.2 Å². The zero-order valence-electron chi connectivity index (χ0n) is 15.9. The highest BCUT2D eigenvalue weighted by Gasteiger charge is 2.05. The Bertz CT molecular complexity index is 526. The Labute approximate surface area is 153 Å². The van der Waals surface area contributed by atoms with Gasteiger partial charge in [0.25, 0.3) is 0 Å². The molecule has 134 valence electrons. The molecule has 1 unspecified atom stereocenters. The van der Waals surface area contributed by atoms with E-state index >= 15 is 0 Å². The smallest absolute Gasteiger partial charge is 0.0112 e. The van der Waals surface area contributed by atoms with Crippen molar-refractivity contribution in [1.29, 1.82) is 0 Å². The summed E-state index contributed by atoms with van der Waals surface area (Å²) in [5, 5.41) is 3.89. The number of benzene rings is 2. The molecule has 0 heterocycles. The Kier molecular flexibility index (Phi) is 12.4. The Hall–Kier alpha value is -0.440. The first-order valence-electron chi connectivity index (χ1n) is 9.68. The monoisotopic (exact) mass is 362 g/mol. The van der Waals surface area contributed by atoms with Crippen LogP contribution in [-0.4, -0.2) is 18.5 Å². The molecule has 0 amide bonds. The molecule has 0 saturated carbocycles. The molecule has 0 fully saturated rings. The molecule has 0 saturated heterocycles. The van der Waals surface area contributed by atoms with Crippen LogP contribution in [0.1, 0.15) is 59.3 Å². The van der Waals surface area contributed by atoms with Gasteiger partial charge in [-0.3, -0.25) is 0 Å². The second-order valence-corrected chi connectivity index (χ2v) is 9.78. The maximum atomic E-state index is 2.74. The van der Waals surface area contributed by atoms with Crippen LogP contribution in [-0.2, 0) is 0 Å². The van der Waals surface area contributed by atoms with Crippen LogP contribution in [0.2, 0.25) is 0 Å². The predicted molar refractivity (Wildman–Crippen MR) is 120 cm³/mol. The van der Waals surface area contributed by atoms with E-state index < -0.39 is 0 Å². The zero-order chi connectivity index (χ0) is 17.6. The molecule has 0 aromatic heterocycles. The minimum atomic E-state index is 0.422. The molecule has 1 atom stereocenters. The van der Waals surface area contributed by atoms with Gasteiger partial charge in [0.2, 0.25) is 0 Å². The number of fused-ring (bicyclic) bond motifs is 1. The van der Waals surface area contributed by atoms with Gasteiger partial charge in [-0.2, -0.15) is 0 Å². The van der Waals surface area contributed by atoms with Crippen molar-refractivity contribution in [3.8, 4) is 0 Å². The van der Waals surface area contributed by atoms with E-state index in [1.807, 2.05) is 0 Å². The van der Waals surface area contributed by atoms with Crippen molar-refractivity contribution in [1.82, 2.24) is 0 Å². The number of rotatable bonds is 9. The Morgan fingerprint density at radius 1 is 0.708 bits per heavy atom. The lowest BCUT2D eigenvalue weighted by atomic mass is 10.1. The molecule has 0 aliphatic carbocycles. The molecular weight excluding hydrogens is 326 g/mol. The van der Waals surface area contributed by atoms with Crippen molar-refractivity contribution in [3.63, 3.8) is 0 Å². The van der Waals surface area contributed by atoms with Gasteiger partial charge in [-0.1, -0.05) is 82.5 Å². The Balaban J connectivity index is 0.000000242. The van der Waals surface area contributed by atoms with Crippen molar-refractivity contribution in [2.24, 2.45) is 0 Å². The summed E-state index contributed by atoms with van der Waals surface area (Å²) in [5.41, 5.74) is 0. The van der Waals surface area contributed by atoms with Crippen molar-refractivity contribution in [2.75, 3.05) is 18.5 Å². The highest BCUT2D eigenvalue weighted by atomic mass is 31.1. The van der Waals surface area contributed by atoms with Crippen molar-refractivity contribution in [2.45, 2.75) is 59.3 Å². The van der Waals surface area contributed by atoms with E-state index in [2.05, 4.69) is 72.5 Å². The third-order valence-corrected chi connectivity index (χ3v) is 7.66.